The third-order valence-electron chi connectivity index (χ3n) is 4.89. The van der Waals surface area contributed by atoms with Gasteiger partial charge >= 0.3 is 0 Å². The second-order valence-corrected chi connectivity index (χ2v) is 7.22. The van der Waals surface area contributed by atoms with Crippen LogP contribution in [0.25, 0.3) is 17.3 Å². The fourth-order valence-corrected chi connectivity index (χ4v) is 3.44. The fourth-order valence-electron chi connectivity index (χ4n) is 3.31. The van der Waals surface area contributed by atoms with Gasteiger partial charge in [-0.1, -0.05) is 60.1 Å². The molecule has 6 heteroatoms. The van der Waals surface area contributed by atoms with Crippen molar-refractivity contribution in [2.75, 3.05) is 18.0 Å². The number of ketones is 1. The molecule has 30 heavy (non-hydrogen) atoms. The van der Waals surface area contributed by atoms with Gasteiger partial charge in [0.15, 0.2) is 5.78 Å². The average molecular weight is 422 g/mol. The zero-order valence-corrected chi connectivity index (χ0v) is 18.1. The normalized spacial score (nSPS) is 11.1. The molecule has 0 aliphatic carbocycles. The lowest BCUT2D eigenvalue weighted by atomic mass is 10.00. The van der Waals surface area contributed by atoms with Crippen LogP contribution in [0.1, 0.15) is 29.8 Å². The summed E-state index contributed by atoms with van der Waals surface area (Å²) in [5.74, 6) is -0.268. The number of hydrogen-bond acceptors (Lipinski definition) is 4. The first-order valence-electron chi connectivity index (χ1n) is 9.85. The first kappa shape index (κ1) is 21.5. The van der Waals surface area contributed by atoms with Crippen molar-refractivity contribution >= 4 is 29.1 Å². The minimum atomic E-state index is -0.290. The second kappa shape index (κ2) is 9.55. The second-order valence-electron chi connectivity index (χ2n) is 6.79. The molecule has 0 fully saturated rings. The van der Waals surface area contributed by atoms with E-state index in [1.807, 2.05) is 61.2 Å². The Morgan fingerprint density at radius 3 is 2.30 bits per heavy atom. The number of aromatic nitrogens is 2. The summed E-state index contributed by atoms with van der Waals surface area (Å²) in [6, 6.07) is 16.6. The van der Waals surface area contributed by atoms with Crippen molar-refractivity contribution in [3.8, 4) is 11.3 Å². The molecule has 0 atom stereocenters. The Morgan fingerprint density at radius 1 is 1.07 bits per heavy atom. The Hall–Kier alpha value is -3.18. The van der Waals surface area contributed by atoms with Crippen LogP contribution in [0.5, 0.6) is 0 Å². The predicted octanol–water partition coefficient (Wildman–Crippen LogP) is 4.84. The van der Waals surface area contributed by atoms with Crippen molar-refractivity contribution in [3.05, 3.63) is 87.2 Å². The molecule has 0 saturated heterocycles. The number of carbonyl (C=O) groups excluding carboxylic acids is 1. The maximum Gasteiger partial charge on any atom is 0.290 e. The molecule has 154 valence electrons. The third kappa shape index (κ3) is 4.52. The topological polar surface area (TPSA) is 55.2 Å². The van der Waals surface area contributed by atoms with E-state index in [4.69, 9.17) is 11.6 Å². The summed E-state index contributed by atoms with van der Waals surface area (Å²) in [6.45, 7) is 5.13. The Morgan fingerprint density at radius 2 is 1.70 bits per heavy atom. The van der Waals surface area contributed by atoms with E-state index in [2.05, 4.69) is 5.10 Å². The molecule has 0 spiro atoms. The minimum absolute atomic E-state index is 0.268. The number of hydrogen-bond donors (Lipinski definition) is 0. The highest BCUT2D eigenvalue weighted by molar-refractivity contribution is 6.30. The summed E-state index contributed by atoms with van der Waals surface area (Å²) in [6.07, 6.45) is 3.20. The lowest BCUT2D eigenvalue weighted by molar-refractivity contribution is 0.104. The molecule has 1 aromatic heterocycles. The van der Waals surface area contributed by atoms with E-state index in [9.17, 15) is 9.59 Å². The van der Waals surface area contributed by atoms with Gasteiger partial charge in [0, 0.05) is 30.7 Å². The molecule has 0 unspecified atom stereocenters. The maximum absolute atomic E-state index is 13.4. The highest BCUT2D eigenvalue weighted by Crippen LogP contribution is 2.28. The van der Waals surface area contributed by atoms with Crippen molar-refractivity contribution in [1.29, 1.82) is 0 Å². The Labute approximate surface area is 181 Å². The molecular weight excluding hydrogens is 398 g/mol. The number of halogens is 1. The standard InChI is InChI=1S/C24H24ClN3O2/c1-4-28(5-2)23-21(20(29)16-13-17-11-14-19(25)15-12-17)22(26-27(3)24(23)30)18-9-7-6-8-10-18/h6-16H,4-5H2,1-3H3/b16-13+. The van der Waals surface area contributed by atoms with Gasteiger partial charge in [-0.2, -0.15) is 5.10 Å². The monoisotopic (exact) mass is 421 g/mol. The lowest BCUT2D eigenvalue weighted by Gasteiger charge is -2.24. The number of carbonyl (C=O) groups is 1. The van der Waals surface area contributed by atoms with Crippen LogP contribution in [0.4, 0.5) is 5.69 Å². The van der Waals surface area contributed by atoms with Crippen LogP contribution in [0, 0.1) is 0 Å². The molecule has 3 aromatic rings. The Balaban J connectivity index is 2.21. The number of rotatable bonds is 7. The quantitative estimate of drug-likeness (QED) is 0.404. The van der Waals surface area contributed by atoms with Crippen LogP contribution in [-0.2, 0) is 7.05 Å². The van der Waals surface area contributed by atoms with Gasteiger partial charge in [-0.15, -0.1) is 0 Å². The largest absolute Gasteiger partial charge is 0.367 e. The highest BCUT2D eigenvalue weighted by Gasteiger charge is 2.25. The van der Waals surface area contributed by atoms with Crippen LogP contribution in [0.3, 0.4) is 0 Å². The molecule has 0 aliphatic rings. The van der Waals surface area contributed by atoms with E-state index in [1.165, 1.54) is 10.8 Å². The average Bonchev–Trinajstić information content (AvgIpc) is 2.77. The number of anilines is 1. The van der Waals surface area contributed by atoms with Gasteiger partial charge in [0.1, 0.15) is 11.4 Å². The molecule has 1 heterocycles. The molecule has 0 N–H and O–H groups in total. The smallest absolute Gasteiger partial charge is 0.290 e. The lowest BCUT2D eigenvalue weighted by Crippen LogP contribution is -2.35. The molecule has 0 radical (unpaired) electrons. The van der Waals surface area contributed by atoms with E-state index in [0.29, 0.717) is 35.1 Å². The van der Waals surface area contributed by atoms with Gasteiger partial charge in [-0.25, -0.2) is 4.68 Å². The summed E-state index contributed by atoms with van der Waals surface area (Å²) in [5, 5.41) is 5.08. The molecule has 0 aliphatic heterocycles. The minimum Gasteiger partial charge on any atom is -0.367 e. The highest BCUT2D eigenvalue weighted by atomic mass is 35.5. The summed E-state index contributed by atoms with van der Waals surface area (Å²) < 4.78 is 1.30. The Bertz CT molecular complexity index is 1120. The van der Waals surface area contributed by atoms with Gasteiger partial charge < -0.3 is 4.90 Å². The van der Waals surface area contributed by atoms with E-state index < -0.39 is 0 Å². The molecule has 0 amide bonds. The maximum atomic E-state index is 13.4. The fraction of sp³-hybridized carbons (Fsp3) is 0.208. The summed E-state index contributed by atoms with van der Waals surface area (Å²) in [7, 11) is 1.61. The van der Waals surface area contributed by atoms with Gasteiger partial charge in [-0.3, -0.25) is 9.59 Å². The first-order chi connectivity index (χ1) is 14.5. The van der Waals surface area contributed by atoms with Crippen LogP contribution in [0.2, 0.25) is 5.02 Å². The van der Waals surface area contributed by atoms with Gasteiger partial charge in [0.25, 0.3) is 5.56 Å². The number of aryl methyl sites for hydroxylation is 1. The molecule has 0 bridgehead atoms. The van der Waals surface area contributed by atoms with Crippen molar-refractivity contribution in [3.63, 3.8) is 0 Å². The number of benzene rings is 2. The molecule has 2 aromatic carbocycles. The number of allylic oxidation sites excluding steroid dienone is 1. The zero-order valence-electron chi connectivity index (χ0n) is 17.3. The van der Waals surface area contributed by atoms with E-state index >= 15 is 0 Å². The van der Waals surface area contributed by atoms with Gasteiger partial charge in [0.2, 0.25) is 0 Å². The first-order valence-corrected chi connectivity index (χ1v) is 10.2. The third-order valence-corrected chi connectivity index (χ3v) is 5.14. The molecular formula is C24H24ClN3O2. The summed E-state index contributed by atoms with van der Waals surface area (Å²) in [4.78, 5) is 28.3. The van der Waals surface area contributed by atoms with Crippen molar-refractivity contribution in [1.82, 2.24) is 9.78 Å². The molecule has 0 saturated carbocycles. The van der Waals surface area contributed by atoms with Crippen LogP contribution in [-0.4, -0.2) is 28.7 Å². The van der Waals surface area contributed by atoms with E-state index in [0.717, 1.165) is 11.1 Å². The molecule has 5 nitrogen and oxygen atoms in total. The zero-order chi connectivity index (χ0) is 21.7. The SMILES string of the molecule is CCN(CC)c1c(C(=O)/C=C/c2ccc(Cl)cc2)c(-c2ccccc2)nn(C)c1=O. The molecule has 3 rings (SSSR count). The van der Waals surface area contributed by atoms with Crippen molar-refractivity contribution in [2.24, 2.45) is 7.05 Å². The van der Waals surface area contributed by atoms with Gasteiger partial charge in [0.05, 0.1) is 5.56 Å². The summed E-state index contributed by atoms with van der Waals surface area (Å²) >= 11 is 5.94. The van der Waals surface area contributed by atoms with Crippen LogP contribution in [0.15, 0.2) is 65.5 Å². The van der Waals surface area contributed by atoms with E-state index in [1.54, 1.807) is 25.3 Å². The van der Waals surface area contributed by atoms with Crippen molar-refractivity contribution < 1.29 is 4.79 Å². The van der Waals surface area contributed by atoms with Crippen LogP contribution >= 0.6 is 11.6 Å². The van der Waals surface area contributed by atoms with Crippen LogP contribution < -0.4 is 10.5 Å². The van der Waals surface area contributed by atoms with E-state index in [-0.39, 0.29) is 11.3 Å². The summed E-state index contributed by atoms with van der Waals surface area (Å²) in [5.41, 5.74) is 2.52. The Kier molecular flexibility index (Phi) is 6.85. The number of nitrogens with zero attached hydrogens (tertiary/aromatic N) is 3. The van der Waals surface area contributed by atoms with Crippen molar-refractivity contribution in [2.45, 2.75) is 13.8 Å². The van der Waals surface area contributed by atoms with Gasteiger partial charge in [-0.05, 0) is 37.6 Å². The predicted molar refractivity (Wildman–Crippen MR) is 123 cm³/mol.